The maximum absolute atomic E-state index is 13.6. The first-order valence-corrected chi connectivity index (χ1v) is 6.62. The van der Waals surface area contributed by atoms with E-state index in [2.05, 4.69) is 5.32 Å². The molecule has 3 N–H and O–H groups in total. The minimum absolute atomic E-state index is 0.00314. The Morgan fingerprint density at radius 1 is 1.43 bits per heavy atom. The second-order valence-electron chi connectivity index (χ2n) is 5.09. The molecule has 1 aromatic carbocycles. The van der Waals surface area contributed by atoms with Gasteiger partial charge in [0.1, 0.15) is 11.9 Å². The topological polar surface area (TPSA) is 89.9 Å². The van der Waals surface area contributed by atoms with Crippen molar-refractivity contribution >= 4 is 12.0 Å². The van der Waals surface area contributed by atoms with Crippen LogP contribution in [0.2, 0.25) is 0 Å². The van der Waals surface area contributed by atoms with Gasteiger partial charge in [-0.3, -0.25) is 0 Å². The molecule has 1 aromatic rings. The predicted molar refractivity (Wildman–Crippen MR) is 72.1 cm³/mol. The van der Waals surface area contributed by atoms with Crippen molar-refractivity contribution in [3.8, 4) is 0 Å². The lowest BCUT2D eigenvalue weighted by Crippen LogP contribution is -2.46. The van der Waals surface area contributed by atoms with Crippen molar-refractivity contribution in [3.05, 3.63) is 35.6 Å². The van der Waals surface area contributed by atoms with Gasteiger partial charge < -0.3 is 20.4 Å². The number of nitrogens with one attached hydrogen (secondary N) is 1. The highest BCUT2D eigenvalue weighted by molar-refractivity contribution is 5.83. The van der Waals surface area contributed by atoms with Gasteiger partial charge in [-0.05, 0) is 13.0 Å². The number of nitrogens with zero attached hydrogens (tertiary/aromatic N) is 1. The summed E-state index contributed by atoms with van der Waals surface area (Å²) >= 11 is 0. The maximum atomic E-state index is 13.6. The number of amides is 2. The fourth-order valence-electron chi connectivity index (χ4n) is 2.44. The Morgan fingerprint density at radius 3 is 2.71 bits per heavy atom. The van der Waals surface area contributed by atoms with E-state index in [0.717, 1.165) is 4.90 Å². The number of benzene rings is 1. The molecular weight excluding hydrogens is 279 g/mol. The average molecular weight is 296 g/mol. The Kier molecular flexibility index (Phi) is 4.42. The smallest absolute Gasteiger partial charge is 0.326 e. The predicted octanol–water partition coefficient (Wildman–Crippen LogP) is 1.12. The van der Waals surface area contributed by atoms with E-state index < -0.39 is 36.0 Å². The molecular formula is C14H17FN2O4. The van der Waals surface area contributed by atoms with Crippen LogP contribution in [0, 0.1) is 5.82 Å². The van der Waals surface area contributed by atoms with Crippen LogP contribution in [0.15, 0.2) is 24.3 Å². The Hall–Kier alpha value is -2.15. The van der Waals surface area contributed by atoms with Gasteiger partial charge in [-0.25, -0.2) is 14.0 Å². The fraction of sp³-hybridized carbons (Fsp3) is 0.429. The highest BCUT2D eigenvalue weighted by Gasteiger charge is 2.39. The summed E-state index contributed by atoms with van der Waals surface area (Å²) in [6.45, 7) is 1.56. The van der Waals surface area contributed by atoms with E-state index in [9.17, 15) is 19.1 Å². The summed E-state index contributed by atoms with van der Waals surface area (Å²) in [7, 11) is 0. The minimum Gasteiger partial charge on any atom is -0.480 e. The van der Waals surface area contributed by atoms with E-state index in [1.807, 2.05) is 0 Å². The summed E-state index contributed by atoms with van der Waals surface area (Å²) in [6, 6.07) is 3.74. The van der Waals surface area contributed by atoms with Gasteiger partial charge in [0.25, 0.3) is 0 Å². The molecule has 1 saturated heterocycles. The van der Waals surface area contributed by atoms with Crippen LogP contribution in [0.25, 0.3) is 0 Å². The molecule has 6 nitrogen and oxygen atoms in total. The molecule has 7 heteroatoms. The zero-order valence-electron chi connectivity index (χ0n) is 11.5. The lowest BCUT2D eigenvalue weighted by atomic mass is 10.1. The number of carbonyl (C=O) groups excluding carboxylic acids is 1. The van der Waals surface area contributed by atoms with E-state index in [-0.39, 0.29) is 13.0 Å². The van der Waals surface area contributed by atoms with Crippen LogP contribution in [-0.4, -0.2) is 45.8 Å². The van der Waals surface area contributed by atoms with Gasteiger partial charge in [0.15, 0.2) is 0 Å². The lowest BCUT2D eigenvalue weighted by molar-refractivity contribution is -0.141. The van der Waals surface area contributed by atoms with Crippen molar-refractivity contribution in [1.29, 1.82) is 0 Å². The van der Waals surface area contributed by atoms with Crippen molar-refractivity contribution < 1.29 is 24.2 Å². The zero-order valence-corrected chi connectivity index (χ0v) is 11.5. The molecule has 1 unspecified atom stereocenters. The van der Waals surface area contributed by atoms with Gasteiger partial charge in [-0.2, -0.15) is 0 Å². The summed E-state index contributed by atoms with van der Waals surface area (Å²) in [6.07, 6.45) is -0.864. The molecule has 0 saturated carbocycles. The first-order chi connectivity index (χ1) is 9.90. The van der Waals surface area contributed by atoms with Crippen molar-refractivity contribution in [3.63, 3.8) is 0 Å². The number of carboxylic acid groups (broad SMARTS) is 1. The number of aliphatic hydroxyl groups is 1. The number of hydrogen-bond acceptors (Lipinski definition) is 3. The number of rotatable bonds is 3. The Morgan fingerprint density at radius 2 is 2.10 bits per heavy atom. The number of halogens is 1. The second-order valence-corrected chi connectivity index (χ2v) is 5.09. The first-order valence-electron chi connectivity index (χ1n) is 6.62. The van der Waals surface area contributed by atoms with Gasteiger partial charge in [0, 0.05) is 18.5 Å². The summed E-state index contributed by atoms with van der Waals surface area (Å²) in [4.78, 5) is 24.3. The second kappa shape index (κ2) is 6.09. The highest BCUT2D eigenvalue weighted by atomic mass is 19.1. The van der Waals surface area contributed by atoms with Crippen LogP contribution >= 0.6 is 0 Å². The largest absolute Gasteiger partial charge is 0.480 e. The Bertz CT molecular complexity index is 552. The molecule has 1 aliphatic rings. The SMILES string of the molecule is CC(NC(=O)N1C[C@H](O)C[C@@H]1C(=O)O)c1ccccc1F. The van der Waals surface area contributed by atoms with Crippen LogP contribution < -0.4 is 5.32 Å². The number of aliphatic carboxylic acids is 1. The summed E-state index contributed by atoms with van der Waals surface area (Å²) in [5, 5.41) is 21.1. The molecule has 0 spiro atoms. The van der Waals surface area contributed by atoms with E-state index in [0.29, 0.717) is 5.56 Å². The molecule has 0 aromatic heterocycles. The van der Waals surface area contributed by atoms with Crippen molar-refractivity contribution in [1.82, 2.24) is 10.2 Å². The van der Waals surface area contributed by atoms with Crippen LogP contribution in [0.5, 0.6) is 0 Å². The van der Waals surface area contributed by atoms with Gasteiger partial charge >= 0.3 is 12.0 Å². The van der Waals surface area contributed by atoms with Gasteiger partial charge in [0.05, 0.1) is 12.1 Å². The van der Waals surface area contributed by atoms with Gasteiger partial charge in [-0.15, -0.1) is 0 Å². The number of carbonyl (C=O) groups is 2. The summed E-state index contributed by atoms with van der Waals surface area (Å²) in [5.41, 5.74) is 0.317. The zero-order chi connectivity index (χ0) is 15.6. The van der Waals surface area contributed by atoms with Gasteiger partial charge in [0.2, 0.25) is 0 Å². The number of aliphatic hydroxyl groups excluding tert-OH is 1. The number of carboxylic acids is 1. The molecule has 2 amide bonds. The minimum atomic E-state index is -1.17. The van der Waals surface area contributed by atoms with Crippen LogP contribution in [0.1, 0.15) is 24.9 Å². The molecule has 2 rings (SSSR count). The third kappa shape index (κ3) is 3.30. The molecule has 1 aliphatic heterocycles. The van der Waals surface area contributed by atoms with E-state index in [4.69, 9.17) is 5.11 Å². The van der Waals surface area contributed by atoms with E-state index in [1.165, 1.54) is 6.07 Å². The number of hydrogen-bond donors (Lipinski definition) is 3. The molecule has 1 fully saturated rings. The highest BCUT2D eigenvalue weighted by Crippen LogP contribution is 2.21. The monoisotopic (exact) mass is 296 g/mol. The molecule has 21 heavy (non-hydrogen) atoms. The van der Waals surface area contributed by atoms with Crippen LogP contribution in [0.4, 0.5) is 9.18 Å². The van der Waals surface area contributed by atoms with Gasteiger partial charge in [-0.1, -0.05) is 18.2 Å². The van der Waals surface area contributed by atoms with Crippen molar-refractivity contribution in [2.45, 2.75) is 31.5 Å². The third-order valence-corrected chi connectivity index (χ3v) is 3.54. The standard InChI is InChI=1S/C14H17FN2O4/c1-8(10-4-2-3-5-11(10)15)16-14(21)17-7-9(18)6-12(17)13(19)20/h2-5,8-9,12,18H,6-7H2,1H3,(H,16,21)(H,19,20)/t8?,9-,12-/m1/s1. The molecule has 0 radical (unpaired) electrons. The molecule has 0 bridgehead atoms. The van der Waals surface area contributed by atoms with Crippen molar-refractivity contribution in [2.75, 3.05) is 6.54 Å². The average Bonchev–Trinajstić information content (AvgIpc) is 2.81. The quantitative estimate of drug-likeness (QED) is 0.779. The molecule has 1 heterocycles. The molecule has 114 valence electrons. The number of likely N-dealkylation sites (tertiary alicyclic amines) is 1. The van der Waals surface area contributed by atoms with Crippen LogP contribution in [0.3, 0.4) is 0 Å². The third-order valence-electron chi connectivity index (χ3n) is 3.54. The molecule has 3 atom stereocenters. The number of urea groups is 1. The van der Waals surface area contributed by atoms with Crippen LogP contribution in [-0.2, 0) is 4.79 Å². The van der Waals surface area contributed by atoms with E-state index >= 15 is 0 Å². The first kappa shape index (κ1) is 15.2. The Balaban J connectivity index is 2.07. The van der Waals surface area contributed by atoms with Crippen molar-refractivity contribution in [2.24, 2.45) is 0 Å². The Labute approximate surface area is 121 Å². The lowest BCUT2D eigenvalue weighted by Gasteiger charge is -2.24. The normalized spacial score (nSPS) is 22.9. The summed E-state index contributed by atoms with van der Waals surface area (Å²) < 4.78 is 13.6. The van der Waals surface area contributed by atoms with E-state index in [1.54, 1.807) is 25.1 Å². The number of β-amino-alcohol motifs (C(OH)–C–C–N with tert-alkyl or cyclic N) is 1. The molecule has 0 aliphatic carbocycles. The maximum Gasteiger partial charge on any atom is 0.326 e. The fourth-order valence-corrected chi connectivity index (χ4v) is 2.44. The summed E-state index contributed by atoms with van der Waals surface area (Å²) in [5.74, 6) is -1.61.